The topological polar surface area (TPSA) is 55.3 Å². The minimum Gasteiger partial charge on any atom is -0.439 e. The van der Waals surface area contributed by atoms with Gasteiger partial charge in [-0.2, -0.15) is 0 Å². The van der Waals surface area contributed by atoms with Gasteiger partial charge in [0, 0.05) is 23.2 Å². The largest absolute Gasteiger partial charge is 0.439 e. The number of halogens is 3. The van der Waals surface area contributed by atoms with Crippen LogP contribution in [0.5, 0.6) is 0 Å². The number of aromatic nitrogens is 1. The lowest BCUT2D eigenvalue weighted by atomic mass is 10.1. The third-order valence-corrected chi connectivity index (χ3v) is 4.36. The number of oxazole rings is 1. The van der Waals surface area contributed by atoms with Gasteiger partial charge in [-0.15, -0.1) is 24.8 Å². The highest BCUT2D eigenvalue weighted by Gasteiger charge is 2.28. The van der Waals surface area contributed by atoms with Crippen LogP contribution in [-0.2, 0) is 6.54 Å². The predicted molar refractivity (Wildman–Crippen MR) is 98.5 cm³/mol. The minimum absolute atomic E-state index is 0. The van der Waals surface area contributed by atoms with E-state index in [1.54, 1.807) is 6.20 Å². The number of benzene rings is 1. The smallest absolute Gasteiger partial charge is 0.209 e. The van der Waals surface area contributed by atoms with Gasteiger partial charge in [-0.3, -0.25) is 4.90 Å². The maximum atomic E-state index is 6.01. The lowest BCUT2D eigenvalue weighted by molar-refractivity contribution is 0.231. The fraction of sp³-hybridized carbons (Fsp3) is 0.438. The molecule has 1 fully saturated rings. The van der Waals surface area contributed by atoms with E-state index >= 15 is 0 Å². The van der Waals surface area contributed by atoms with E-state index in [1.807, 2.05) is 24.3 Å². The molecule has 1 aliphatic heterocycles. The van der Waals surface area contributed by atoms with Gasteiger partial charge in [0.1, 0.15) is 0 Å². The quantitative estimate of drug-likeness (QED) is 0.873. The fourth-order valence-electron chi connectivity index (χ4n) is 2.94. The molecular formula is C16H22Cl3N3O. The molecule has 0 radical (unpaired) electrons. The zero-order chi connectivity index (χ0) is 14.8. The first-order valence-corrected chi connectivity index (χ1v) is 7.68. The summed E-state index contributed by atoms with van der Waals surface area (Å²) in [7, 11) is 0. The Morgan fingerprint density at radius 3 is 2.83 bits per heavy atom. The molecule has 1 aliphatic rings. The predicted octanol–water partition coefficient (Wildman–Crippen LogP) is 4.01. The molecule has 3 rings (SSSR count). The van der Waals surface area contributed by atoms with Crippen molar-refractivity contribution in [3.05, 3.63) is 41.4 Å². The van der Waals surface area contributed by atoms with Crippen molar-refractivity contribution in [2.75, 3.05) is 13.1 Å². The first kappa shape index (κ1) is 20.3. The van der Waals surface area contributed by atoms with Crippen molar-refractivity contribution in [1.82, 2.24) is 9.88 Å². The molecule has 1 aromatic heterocycles. The van der Waals surface area contributed by atoms with Gasteiger partial charge in [-0.25, -0.2) is 4.98 Å². The Balaban J connectivity index is 0.00000132. The monoisotopic (exact) mass is 377 g/mol. The van der Waals surface area contributed by atoms with Gasteiger partial charge in [0.15, 0.2) is 5.76 Å². The highest BCUT2D eigenvalue weighted by Crippen LogP contribution is 2.27. The molecule has 1 saturated heterocycles. The number of hydrogen-bond acceptors (Lipinski definition) is 4. The lowest BCUT2D eigenvalue weighted by Gasteiger charge is -2.18. The first-order chi connectivity index (χ1) is 10.2. The normalized spacial score (nSPS) is 20.8. The molecule has 0 bridgehead atoms. The average molecular weight is 379 g/mol. The van der Waals surface area contributed by atoms with Crippen LogP contribution in [0, 0.1) is 5.92 Å². The highest BCUT2D eigenvalue weighted by atomic mass is 35.5. The summed E-state index contributed by atoms with van der Waals surface area (Å²) in [5, 5.41) is 0.699. The van der Waals surface area contributed by atoms with Crippen LogP contribution in [0.15, 0.2) is 34.9 Å². The summed E-state index contributed by atoms with van der Waals surface area (Å²) in [5.41, 5.74) is 6.72. The van der Waals surface area contributed by atoms with Crippen LogP contribution in [0.4, 0.5) is 0 Å². The van der Waals surface area contributed by atoms with Crippen molar-refractivity contribution in [1.29, 1.82) is 0 Å². The Hall–Kier alpha value is -0.780. The number of rotatable bonds is 4. The van der Waals surface area contributed by atoms with E-state index in [2.05, 4.69) is 16.8 Å². The van der Waals surface area contributed by atoms with Crippen LogP contribution in [-0.4, -0.2) is 29.0 Å². The van der Waals surface area contributed by atoms with E-state index in [0.29, 0.717) is 17.0 Å². The number of nitrogens with zero attached hydrogens (tertiary/aromatic N) is 2. The lowest BCUT2D eigenvalue weighted by Crippen LogP contribution is -2.27. The zero-order valence-electron chi connectivity index (χ0n) is 12.9. The number of nitrogens with two attached hydrogens (primary N) is 1. The third kappa shape index (κ3) is 4.85. The second-order valence-corrected chi connectivity index (χ2v) is 6.18. The molecule has 23 heavy (non-hydrogen) atoms. The molecular weight excluding hydrogens is 357 g/mol. The summed E-state index contributed by atoms with van der Waals surface area (Å²) in [6.45, 7) is 4.74. The molecule has 2 atom stereocenters. The van der Waals surface area contributed by atoms with Crippen LogP contribution in [0.25, 0.3) is 11.3 Å². The molecule has 0 spiro atoms. The van der Waals surface area contributed by atoms with E-state index in [4.69, 9.17) is 21.8 Å². The highest BCUT2D eigenvalue weighted by molar-refractivity contribution is 6.30. The molecule has 1 aromatic carbocycles. The maximum Gasteiger partial charge on any atom is 0.209 e. The summed E-state index contributed by atoms with van der Waals surface area (Å²) in [6.07, 6.45) is 2.92. The number of hydrogen-bond donors (Lipinski definition) is 1. The van der Waals surface area contributed by atoms with E-state index in [-0.39, 0.29) is 24.8 Å². The van der Waals surface area contributed by atoms with Gasteiger partial charge in [0.05, 0.1) is 12.7 Å². The van der Waals surface area contributed by atoms with Crippen molar-refractivity contribution >= 4 is 36.4 Å². The van der Waals surface area contributed by atoms with E-state index in [1.165, 1.54) is 0 Å². The van der Waals surface area contributed by atoms with Crippen LogP contribution >= 0.6 is 36.4 Å². The van der Waals surface area contributed by atoms with E-state index in [9.17, 15) is 0 Å². The van der Waals surface area contributed by atoms with Crippen LogP contribution in [0.1, 0.15) is 19.2 Å². The molecule has 7 heteroatoms. The third-order valence-electron chi connectivity index (χ3n) is 4.12. The molecule has 128 valence electrons. The van der Waals surface area contributed by atoms with E-state index < -0.39 is 0 Å². The van der Waals surface area contributed by atoms with Gasteiger partial charge in [0.2, 0.25) is 5.89 Å². The minimum atomic E-state index is 0. The van der Waals surface area contributed by atoms with Crippen molar-refractivity contribution in [3.63, 3.8) is 0 Å². The van der Waals surface area contributed by atoms with Gasteiger partial charge in [0.25, 0.3) is 0 Å². The van der Waals surface area contributed by atoms with Gasteiger partial charge < -0.3 is 10.2 Å². The van der Waals surface area contributed by atoms with Gasteiger partial charge in [-0.05, 0) is 37.9 Å². The molecule has 0 saturated carbocycles. The zero-order valence-corrected chi connectivity index (χ0v) is 15.3. The Morgan fingerprint density at radius 2 is 2.17 bits per heavy atom. The van der Waals surface area contributed by atoms with Crippen molar-refractivity contribution < 1.29 is 4.42 Å². The fourth-order valence-corrected chi connectivity index (χ4v) is 3.13. The molecule has 0 amide bonds. The van der Waals surface area contributed by atoms with Crippen molar-refractivity contribution in [2.45, 2.75) is 25.9 Å². The van der Waals surface area contributed by atoms with Gasteiger partial charge >= 0.3 is 0 Å². The molecule has 2 unspecified atom stereocenters. The SMILES string of the molecule is CC1CC(CN)CN1Cc1ncc(-c2cccc(Cl)c2)o1.Cl.Cl. The second kappa shape index (κ2) is 8.90. The van der Waals surface area contributed by atoms with Crippen molar-refractivity contribution in [3.8, 4) is 11.3 Å². The number of likely N-dealkylation sites (tertiary alicyclic amines) is 1. The first-order valence-electron chi connectivity index (χ1n) is 7.30. The Labute approximate surface area is 154 Å². The standard InChI is InChI=1S/C16H20ClN3O.2ClH/c1-11-5-12(7-18)9-20(11)10-16-19-8-15(21-16)13-3-2-4-14(17)6-13;;/h2-4,6,8,11-12H,5,7,9-10,18H2,1H3;2*1H. The van der Waals surface area contributed by atoms with Crippen LogP contribution < -0.4 is 5.73 Å². The molecule has 0 aliphatic carbocycles. The Bertz CT molecular complexity index is 620. The Kier molecular flexibility index (Phi) is 7.84. The van der Waals surface area contributed by atoms with Crippen LogP contribution in [0.2, 0.25) is 5.02 Å². The molecule has 2 aromatic rings. The summed E-state index contributed by atoms with van der Waals surface area (Å²) >= 11 is 6.01. The average Bonchev–Trinajstić information content (AvgIpc) is 3.07. The van der Waals surface area contributed by atoms with Gasteiger partial charge in [-0.1, -0.05) is 23.7 Å². The summed E-state index contributed by atoms with van der Waals surface area (Å²) in [6, 6.07) is 8.14. The molecule has 2 heterocycles. The summed E-state index contributed by atoms with van der Waals surface area (Å²) in [5.74, 6) is 2.09. The van der Waals surface area contributed by atoms with E-state index in [0.717, 1.165) is 43.3 Å². The van der Waals surface area contributed by atoms with Crippen molar-refractivity contribution in [2.24, 2.45) is 11.7 Å². The second-order valence-electron chi connectivity index (χ2n) is 5.74. The summed E-state index contributed by atoms with van der Waals surface area (Å²) < 4.78 is 5.86. The Morgan fingerprint density at radius 1 is 1.39 bits per heavy atom. The maximum absolute atomic E-state index is 6.01. The molecule has 2 N–H and O–H groups in total. The molecule has 4 nitrogen and oxygen atoms in total. The summed E-state index contributed by atoms with van der Waals surface area (Å²) in [4.78, 5) is 6.77. The van der Waals surface area contributed by atoms with Crippen LogP contribution in [0.3, 0.4) is 0 Å².